The molecule has 3 amide bonds. The van der Waals surface area contributed by atoms with E-state index in [4.69, 9.17) is 28.4 Å². The summed E-state index contributed by atoms with van der Waals surface area (Å²) in [5, 5.41) is 0. The lowest BCUT2D eigenvalue weighted by molar-refractivity contribution is -0.171. The van der Waals surface area contributed by atoms with Crippen LogP contribution in [0.1, 0.15) is 25.7 Å². The van der Waals surface area contributed by atoms with Crippen molar-refractivity contribution in [1.82, 2.24) is 14.7 Å². The minimum atomic E-state index is -1.49. The van der Waals surface area contributed by atoms with Crippen molar-refractivity contribution in [2.75, 3.05) is 78.9 Å². The van der Waals surface area contributed by atoms with Gasteiger partial charge in [-0.05, 0) is 12.8 Å². The van der Waals surface area contributed by atoms with E-state index in [0.717, 1.165) is 6.42 Å². The first kappa shape index (κ1) is 26.1. The SMILES string of the molecule is O=C(C1CCCCC1(C(=O)N(CC1CO1)CC1CO1)C(=O)N(CC1CO1)CC1CO1)N(CC1CO1)CC1CO1. The van der Waals surface area contributed by atoms with E-state index < -0.39 is 11.3 Å². The Morgan fingerprint density at radius 3 is 1.21 bits per heavy atom. The van der Waals surface area contributed by atoms with Gasteiger partial charge in [0.15, 0.2) is 0 Å². The third-order valence-electron chi connectivity index (χ3n) is 8.81. The standard InChI is InChI=1S/C27H39N3O9/c31-24(28(5-17-11-34-17)6-18-12-35-18)23-3-1-2-4-27(23,25(32)29(7-19-13-36-19)8-20-14-37-20)26(33)30(9-21-15-38-21)10-22-16-39-22/h17-23H,1-16H2. The largest absolute Gasteiger partial charge is 0.371 e. The van der Waals surface area contributed by atoms with Crippen molar-refractivity contribution in [1.29, 1.82) is 0 Å². The molecule has 12 nitrogen and oxygen atoms in total. The van der Waals surface area contributed by atoms with Gasteiger partial charge in [-0.15, -0.1) is 0 Å². The molecule has 12 heteroatoms. The van der Waals surface area contributed by atoms with Crippen LogP contribution >= 0.6 is 0 Å². The molecule has 7 atom stereocenters. The molecule has 1 saturated carbocycles. The van der Waals surface area contributed by atoms with E-state index in [1.165, 1.54) is 0 Å². The van der Waals surface area contributed by atoms with Crippen molar-refractivity contribution >= 4 is 17.7 Å². The first-order valence-electron chi connectivity index (χ1n) is 14.6. The van der Waals surface area contributed by atoms with Gasteiger partial charge in [-0.1, -0.05) is 12.8 Å². The Balaban J connectivity index is 1.23. The lowest BCUT2D eigenvalue weighted by Gasteiger charge is -2.46. The Hall–Kier alpha value is -1.83. The van der Waals surface area contributed by atoms with E-state index >= 15 is 0 Å². The molecule has 1 aliphatic carbocycles. The maximum absolute atomic E-state index is 14.8. The van der Waals surface area contributed by atoms with E-state index in [1.807, 2.05) is 0 Å². The summed E-state index contributed by atoms with van der Waals surface area (Å²) in [6, 6.07) is 0. The summed E-state index contributed by atoms with van der Waals surface area (Å²) < 4.78 is 32.9. The summed E-state index contributed by atoms with van der Waals surface area (Å²) >= 11 is 0. The third-order valence-corrected chi connectivity index (χ3v) is 8.81. The third kappa shape index (κ3) is 6.25. The van der Waals surface area contributed by atoms with E-state index in [-0.39, 0.29) is 54.3 Å². The Kier molecular flexibility index (Phi) is 7.05. The van der Waals surface area contributed by atoms with Gasteiger partial charge in [0.25, 0.3) is 0 Å². The van der Waals surface area contributed by atoms with Crippen LogP contribution in [0.25, 0.3) is 0 Å². The monoisotopic (exact) mass is 549 g/mol. The quantitative estimate of drug-likeness (QED) is 0.187. The minimum Gasteiger partial charge on any atom is -0.371 e. The molecule has 7 unspecified atom stereocenters. The second kappa shape index (κ2) is 10.5. The zero-order valence-electron chi connectivity index (χ0n) is 22.4. The summed E-state index contributed by atoms with van der Waals surface area (Å²) in [6.45, 7) is 6.16. The molecule has 6 heterocycles. The normalized spacial score (nSPS) is 38.9. The van der Waals surface area contributed by atoms with Gasteiger partial charge < -0.3 is 43.1 Å². The molecule has 7 rings (SSSR count). The molecule has 0 radical (unpaired) electrons. The number of carbonyl (C=O) groups is 3. The van der Waals surface area contributed by atoms with E-state index in [1.54, 1.807) is 14.7 Å². The lowest BCUT2D eigenvalue weighted by atomic mass is 9.63. The highest BCUT2D eigenvalue weighted by atomic mass is 16.6. The van der Waals surface area contributed by atoms with Gasteiger partial charge in [0, 0.05) is 39.3 Å². The number of epoxide rings is 6. The van der Waals surface area contributed by atoms with Crippen LogP contribution in [0.15, 0.2) is 0 Å². The maximum atomic E-state index is 14.8. The smallest absolute Gasteiger partial charge is 0.239 e. The van der Waals surface area contributed by atoms with Gasteiger partial charge in [-0.2, -0.15) is 0 Å². The average Bonchev–Trinajstić information content (AvgIpc) is 3.74. The minimum absolute atomic E-state index is 0.00292. The number of hydrogen-bond donors (Lipinski definition) is 0. The molecule has 0 bridgehead atoms. The van der Waals surface area contributed by atoms with E-state index in [9.17, 15) is 14.4 Å². The first-order chi connectivity index (χ1) is 19.0. The molecule has 0 aromatic carbocycles. The average molecular weight is 550 g/mol. The van der Waals surface area contributed by atoms with Crippen molar-refractivity contribution in [2.45, 2.75) is 62.3 Å². The Morgan fingerprint density at radius 1 is 0.538 bits per heavy atom. The Labute approximate surface area is 228 Å². The first-order valence-corrected chi connectivity index (χ1v) is 14.6. The van der Waals surface area contributed by atoms with Crippen molar-refractivity contribution in [3.8, 4) is 0 Å². The topological polar surface area (TPSA) is 136 Å². The molecule has 6 saturated heterocycles. The van der Waals surface area contributed by atoms with Gasteiger partial charge in [0.2, 0.25) is 17.7 Å². The predicted octanol–water partition coefficient (Wildman–Crippen LogP) is -0.958. The maximum Gasteiger partial charge on any atom is 0.239 e. The van der Waals surface area contributed by atoms with Crippen molar-refractivity contribution < 1.29 is 42.8 Å². The number of rotatable bonds is 15. The summed E-state index contributed by atoms with van der Waals surface area (Å²) in [5.41, 5.74) is -1.49. The molecule has 0 spiro atoms. The summed E-state index contributed by atoms with van der Waals surface area (Å²) in [5.74, 6) is -1.42. The molecule has 0 N–H and O–H groups in total. The Morgan fingerprint density at radius 2 is 0.872 bits per heavy atom. The molecule has 0 aromatic rings. The molecule has 39 heavy (non-hydrogen) atoms. The molecule has 216 valence electrons. The van der Waals surface area contributed by atoms with Crippen LogP contribution in [0.2, 0.25) is 0 Å². The lowest BCUT2D eigenvalue weighted by Crippen LogP contribution is -2.63. The van der Waals surface area contributed by atoms with Crippen LogP contribution in [0.5, 0.6) is 0 Å². The highest BCUT2D eigenvalue weighted by Gasteiger charge is 2.60. The second-order valence-corrected chi connectivity index (χ2v) is 12.2. The molecular weight excluding hydrogens is 510 g/mol. The van der Waals surface area contributed by atoms with Crippen molar-refractivity contribution in [3.63, 3.8) is 0 Å². The highest BCUT2D eigenvalue weighted by molar-refractivity contribution is 6.09. The number of carbonyl (C=O) groups excluding carboxylic acids is 3. The summed E-state index contributed by atoms with van der Waals surface area (Å²) in [4.78, 5) is 49.3. The van der Waals surface area contributed by atoms with E-state index in [0.29, 0.717) is 98.2 Å². The molecule has 7 aliphatic rings. The molecule has 6 aliphatic heterocycles. The summed E-state index contributed by atoms with van der Waals surface area (Å²) in [7, 11) is 0. The zero-order valence-corrected chi connectivity index (χ0v) is 22.4. The fourth-order valence-electron chi connectivity index (χ4n) is 6.15. The van der Waals surface area contributed by atoms with Crippen LogP contribution in [0, 0.1) is 11.3 Å². The number of ether oxygens (including phenoxy) is 6. The molecular formula is C27H39N3O9. The van der Waals surface area contributed by atoms with Gasteiger partial charge in [0.1, 0.15) is 5.41 Å². The summed E-state index contributed by atoms with van der Waals surface area (Å²) in [6.07, 6.45) is 2.19. The fourth-order valence-corrected chi connectivity index (χ4v) is 6.15. The zero-order chi connectivity index (χ0) is 26.6. The van der Waals surface area contributed by atoms with Crippen LogP contribution < -0.4 is 0 Å². The number of amides is 3. The highest BCUT2D eigenvalue weighted by Crippen LogP contribution is 2.46. The number of nitrogens with zero attached hydrogens (tertiary/aromatic N) is 3. The molecule has 0 aromatic heterocycles. The van der Waals surface area contributed by atoms with Crippen LogP contribution in [0.4, 0.5) is 0 Å². The second-order valence-electron chi connectivity index (χ2n) is 12.2. The number of hydrogen-bond acceptors (Lipinski definition) is 9. The van der Waals surface area contributed by atoms with Gasteiger partial charge in [-0.3, -0.25) is 14.4 Å². The predicted molar refractivity (Wildman–Crippen MR) is 133 cm³/mol. The van der Waals surface area contributed by atoms with E-state index in [2.05, 4.69) is 0 Å². The Bertz CT molecular complexity index is 870. The van der Waals surface area contributed by atoms with Crippen molar-refractivity contribution in [2.24, 2.45) is 11.3 Å². The van der Waals surface area contributed by atoms with Gasteiger partial charge in [-0.25, -0.2) is 0 Å². The van der Waals surface area contributed by atoms with Crippen LogP contribution in [-0.4, -0.2) is 148 Å². The van der Waals surface area contributed by atoms with Gasteiger partial charge in [0.05, 0.1) is 82.2 Å². The van der Waals surface area contributed by atoms with Crippen molar-refractivity contribution in [3.05, 3.63) is 0 Å². The molecule has 7 fully saturated rings. The fraction of sp³-hybridized carbons (Fsp3) is 0.889. The van der Waals surface area contributed by atoms with Crippen LogP contribution in [0.3, 0.4) is 0 Å². The van der Waals surface area contributed by atoms with Gasteiger partial charge >= 0.3 is 0 Å². The van der Waals surface area contributed by atoms with Crippen LogP contribution in [-0.2, 0) is 42.8 Å².